The third kappa shape index (κ3) is 6.21. The number of hydrogen-bond donors (Lipinski definition) is 1. The standard InChI is InChI=1S/C16H25FN2O2/c1-4-9-18-14(10-12(2)3)7-5-13-6-8-16(19(20)21)15(17)11-13/h6,8,11-12,14,18H,4-5,7,9-10H2,1-3H3. The highest BCUT2D eigenvalue weighted by Crippen LogP contribution is 2.20. The molecule has 1 rings (SSSR count). The lowest BCUT2D eigenvalue weighted by Crippen LogP contribution is -2.31. The highest BCUT2D eigenvalue weighted by atomic mass is 19.1. The zero-order chi connectivity index (χ0) is 15.8. The zero-order valence-corrected chi connectivity index (χ0v) is 13.1. The van der Waals surface area contributed by atoms with Gasteiger partial charge in [-0.1, -0.05) is 26.8 Å². The van der Waals surface area contributed by atoms with E-state index in [9.17, 15) is 14.5 Å². The molecule has 0 saturated heterocycles. The summed E-state index contributed by atoms with van der Waals surface area (Å²) >= 11 is 0. The SMILES string of the molecule is CCCNC(CCc1ccc([N+](=O)[O-])c(F)c1)CC(C)C. The summed E-state index contributed by atoms with van der Waals surface area (Å²) in [6.07, 6.45) is 3.80. The van der Waals surface area contributed by atoms with E-state index in [1.807, 2.05) is 0 Å². The van der Waals surface area contributed by atoms with E-state index in [1.54, 1.807) is 6.07 Å². The van der Waals surface area contributed by atoms with Crippen molar-refractivity contribution in [3.05, 3.63) is 39.7 Å². The van der Waals surface area contributed by atoms with Crippen LogP contribution in [0.4, 0.5) is 10.1 Å². The predicted octanol–water partition coefficient (Wildman–Crippen LogP) is 4.08. The van der Waals surface area contributed by atoms with Crippen molar-refractivity contribution in [2.24, 2.45) is 5.92 Å². The Kier molecular flexibility index (Phi) is 7.29. The second-order valence-corrected chi connectivity index (χ2v) is 5.86. The van der Waals surface area contributed by atoms with Crippen LogP contribution in [0.25, 0.3) is 0 Å². The highest BCUT2D eigenvalue weighted by molar-refractivity contribution is 5.35. The average Bonchev–Trinajstić information content (AvgIpc) is 2.41. The van der Waals surface area contributed by atoms with Gasteiger partial charge in [-0.15, -0.1) is 0 Å². The van der Waals surface area contributed by atoms with Crippen molar-refractivity contribution < 1.29 is 9.31 Å². The van der Waals surface area contributed by atoms with Gasteiger partial charge in [-0.25, -0.2) is 0 Å². The van der Waals surface area contributed by atoms with Gasteiger partial charge in [0.15, 0.2) is 0 Å². The van der Waals surface area contributed by atoms with Crippen LogP contribution in [0.2, 0.25) is 0 Å². The van der Waals surface area contributed by atoms with Crippen LogP contribution >= 0.6 is 0 Å². The lowest BCUT2D eigenvalue weighted by molar-refractivity contribution is -0.387. The molecule has 0 fully saturated rings. The van der Waals surface area contributed by atoms with Crippen LogP contribution in [-0.2, 0) is 6.42 Å². The molecule has 1 unspecified atom stereocenters. The number of nitro groups is 1. The van der Waals surface area contributed by atoms with Crippen LogP contribution in [-0.4, -0.2) is 17.5 Å². The van der Waals surface area contributed by atoms with Crippen molar-refractivity contribution in [3.8, 4) is 0 Å². The van der Waals surface area contributed by atoms with E-state index in [0.717, 1.165) is 37.8 Å². The average molecular weight is 296 g/mol. The molecule has 0 aliphatic carbocycles. The first-order valence-electron chi connectivity index (χ1n) is 7.60. The van der Waals surface area contributed by atoms with Gasteiger partial charge in [0, 0.05) is 12.1 Å². The number of nitro benzene ring substituents is 1. The normalized spacial score (nSPS) is 12.6. The monoisotopic (exact) mass is 296 g/mol. The van der Waals surface area contributed by atoms with Gasteiger partial charge in [-0.05, 0) is 49.8 Å². The fraction of sp³-hybridized carbons (Fsp3) is 0.625. The maximum absolute atomic E-state index is 13.6. The van der Waals surface area contributed by atoms with Gasteiger partial charge in [0.05, 0.1) is 4.92 Å². The first-order valence-corrected chi connectivity index (χ1v) is 7.60. The van der Waals surface area contributed by atoms with Gasteiger partial charge in [0.25, 0.3) is 0 Å². The summed E-state index contributed by atoms with van der Waals surface area (Å²) in [5.41, 5.74) is 0.353. The lowest BCUT2D eigenvalue weighted by atomic mass is 9.97. The minimum Gasteiger partial charge on any atom is -0.314 e. The molecular weight excluding hydrogens is 271 g/mol. The number of halogens is 1. The molecule has 1 atom stereocenters. The molecule has 0 aromatic heterocycles. The Balaban J connectivity index is 2.62. The Morgan fingerprint density at radius 3 is 2.62 bits per heavy atom. The molecule has 0 amide bonds. The van der Waals surface area contributed by atoms with Gasteiger partial charge < -0.3 is 5.32 Å². The Hall–Kier alpha value is -1.49. The molecule has 0 aliphatic rings. The predicted molar refractivity (Wildman–Crippen MR) is 82.9 cm³/mol. The molecule has 0 spiro atoms. The Morgan fingerprint density at radius 2 is 2.10 bits per heavy atom. The van der Waals surface area contributed by atoms with Gasteiger partial charge in [0.2, 0.25) is 5.82 Å². The molecule has 5 heteroatoms. The lowest BCUT2D eigenvalue weighted by Gasteiger charge is -2.20. The Morgan fingerprint density at radius 1 is 1.38 bits per heavy atom. The van der Waals surface area contributed by atoms with Crippen LogP contribution in [0.3, 0.4) is 0 Å². The Labute approximate surface area is 125 Å². The summed E-state index contributed by atoms with van der Waals surface area (Å²) in [5.74, 6) is -0.146. The van der Waals surface area contributed by atoms with E-state index in [1.165, 1.54) is 12.1 Å². The maximum atomic E-state index is 13.6. The second-order valence-electron chi connectivity index (χ2n) is 5.86. The van der Waals surface area contributed by atoms with Crippen molar-refractivity contribution >= 4 is 5.69 Å². The topological polar surface area (TPSA) is 55.2 Å². The number of nitrogens with one attached hydrogen (secondary N) is 1. The minimum absolute atomic E-state index is 0.406. The van der Waals surface area contributed by atoms with Crippen LogP contribution in [0.1, 0.15) is 45.6 Å². The Bertz CT molecular complexity index is 464. The van der Waals surface area contributed by atoms with Crippen molar-refractivity contribution in [1.82, 2.24) is 5.32 Å². The van der Waals surface area contributed by atoms with E-state index in [2.05, 4.69) is 26.1 Å². The van der Waals surface area contributed by atoms with E-state index in [0.29, 0.717) is 12.0 Å². The molecule has 1 aromatic carbocycles. The summed E-state index contributed by atoms with van der Waals surface area (Å²) in [7, 11) is 0. The molecule has 0 radical (unpaired) electrons. The van der Waals surface area contributed by atoms with Gasteiger partial charge >= 0.3 is 5.69 Å². The van der Waals surface area contributed by atoms with Gasteiger partial charge in [0.1, 0.15) is 0 Å². The van der Waals surface area contributed by atoms with Crippen molar-refractivity contribution in [3.63, 3.8) is 0 Å². The van der Waals surface area contributed by atoms with Crippen LogP contribution in [0.15, 0.2) is 18.2 Å². The largest absolute Gasteiger partial charge is 0.314 e. The molecule has 4 nitrogen and oxygen atoms in total. The van der Waals surface area contributed by atoms with Crippen molar-refractivity contribution in [2.75, 3.05) is 6.54 Å². The van der Waals surface area contributed by atoms with Crippen molar-refractivity contribution in [1.29, 1.82) is 0 Å². The number of hydrogen-bond acceptors (Lipinski definition) is 3. The minimum atomic E-state index is -0.751. The quantitative estimate of drug-likeness (QED) is 0.552. The molecule has 118 valence electrons. The van der Waals surface area contributed by atoms with Crippen LogP contribution in [0.5, 0.6) is 0 Å². The molecule has 1 aromatic rings. The third-order valence-electron chi connectivity index (χ3n) is 3.43. The maximum Gasteiger partial charge on any atom is 0.304 e. The molecule has 0 bridgehead atoms. The summed E-state index contributed by atoms with van der Waals surface area (Å²) in [4.78, 5) is 9.90. The smallest absolute Gasteiger partial charge is 0.304 e. The molecule has 1 N–H and O–H groups in total. The third-order valence-corrected chi connectivity index (χ3v) is 3.43. The van der Waals surface area contributed by atoms with E-state index in [4.69, 9.17) is 0 Å². The fourth-order valence-electron chi connectivity index (χ4n) is 2.42. The summed E-state index contributed by atoms with van der Waals surface area (Å²) in [6, 6.07) is 4.59. The van der Waals surface area contributed by atoms with Gasteiger partial charge in [-0.3, -0.25) is 10.1 Å². The first-order chi connectivity index (χ1) is 9.93. The molecule has 21 heavy (non-hydrogen) atoms. The summed E-state index contributed by atoms with van der Waals surface area (Å²) in [6.45, 7) is 7.48. The highest BCUT2D eigenvalue weighted by Gasteiger charge is 2.15. The van der Waals surface area contributed by atoms with Gasteiger partial charge in [-0.2, -0.15) is 4.39 Å². The molecule has 0 saturated carbocycles. The molecular formula is C16H25FN2O2. The number of rotatable bonds is 9. The van der Waals surface area contributed by atoms with E-state index < -0.39 is 16.4 Å². The summed E-state index contributed by atoms with van der Waals surface area (Å²) < 4.78 is 13.6. The van der Waals surface area contributed by atoms with E-state index >= 15 is 0 Å². The number of nitrogens with zero attached hydrogens (tertiary/aromatic N) is 1. The fourth-order valence-corrected chi connectivity index (χ4v) is 2.42. The van der Waals surface area contributed by atoms with Crippen molar-refractivity contribution in [2.45, 2.75) is 52.5 Å². The zero-order valence-electron chi connectivity index (χ0n) is 13.1. The summed E-state index contributed by atoms with van der Waals surface area (Å²) in [5, 5.41) is 14.1. The van der Waals surface area contributed by atoms with E-state index in [-0.39, 0.29) is 0 Å². The second kappa shape index (κ2) is 8.72. The molecule has 0 aliphatic heterocycles. The number of benzene rings is 1. The van der Waals surface area contributed by atoms with Crippen LogP contribution < -0.4 is 5.32 Å². The number of aryl methyl sites for hydroxylation is 1. The first kappa shape index (κ1) is 17.6. The molecule has 0 heterocycles. The van der Waals surface area contributed by atoms with Crippen LogP contribution in [0, 0.1) is 21.8 Å².